The van der Waals surface area contributed by atoms with Crippen molar-refractivity contribution in [2.75, 3.05) is 20.8 Å². The van der Waals surface area contributed by atoms with Crippen LogP contribution in [0.1, 0.15) is 25.5 Å². The predicted molar refractivity (Wildman–Crippen MR) is 140 cm³/mol. The number of methoxy groups -OCH3 is 2. The summed E-state index contributed by atoms with van der Waals surface area (Å²) in [5.41, 5.74) is 14.9. The smallest absolute Gasteiger partial charge is 0.330 e. The molecular weight excluding hydrogens is 564 g/mol. The molecule has 0 aliphatic carbocycles. The summed E-state index contributed by atoms with van der Waals surface area (Å²) in [6, 6.07) is -0.00810. The molecule has 3 rings (SSSR count). The summed E-state index contributed by atoms with van der Waals surface area (Å²) < 4.78 is 29.0. The number of aliphatic hydroxyl groups is 2. The number of amides is 3. The Morgan fingerprint density at radius 1 is 1.12 bits per heavy atom. The Morgan fingerprint density at radius 2 is 1.81 bits per heavy atom. The van der Waals surface area contributed by atoms with E-state index < -0.39 is 89.9 Å². The highest BCUT2D eigenvalue weighted by Crippen LogP contribution is 2.35. The summed E-state index contributed by atoms with van der Waals surface area (Å²) in [5.74, 6) is -3.42. The Morgan fingerprint density at radius 3 is 2.38 bits per heavy atom. The van der Waals surface area contributed by atoms with Crippen molar-refractivity contribution >= 4 is 17.7 Å². The lowest BCUT2D eigenvalue weighted by Gasteiger charge is -2.35. The lowest BCUT2D eigenvalue weighted by atomic mass is 10.0. The first-order chi connectivity index (χ1) is 19.9. The second-order valence-corrected chi connectivity index (χ2v) is 9.58. The third-order valence-corrected chi connectivity index (χ3v) is 6.77. The first-order valence-electron chi connectivity index (χ1n) is 13.0. The number of H-pyrrole nitrogens is 1. The highest BCUT2D eigenvalue weighted by Gasteiger charge is 2.53. The predicted octanol–water partition coefficient (Wildman–Crippen LogP) is -4.60. The van der Waals surface area contributed by atoms with Crippen molar-refractivity contribution in [3.8, 4) is 0 Å². The number of nitrogens with one attached hydrogen (secondary N) is 2. The van der Waals surface area contributed by atoms with E-state index in [4.69, 9.17) is 40.9 Å². The van der Waals surface area contributed by atoms with Crippen LogP contribution in [0.2, 0.25) is 0 Å². The zero-order valence-electron chi connectivity index (χ0n) is 22.9. The largest absolute Gasteiger partial charge is 0.456 e. The van der Waals surface area contributed by atoms with Gasteiger partial charge in [0, 0.05) is 26.5 Å². The number of primary amides is 2. The number of hydrogen-bond donors (Lipinski definition) is 7. The number of aliphatic hydroxyl groups excluding tert-OH is 2. The van der Waals surface area contributed by atoms with Gasteiger partial charge < -0.3 is 56.4 Å². The number of carbonyl (C=O) groups excluding carboxylic acids is 3. The number of nitrogens with zero attached hydrogens (tertiary/aromatic N) is 1. The van der Waals surface area contributed by atoms with Gasteiger partial charge in [0.05, 0.1) is 0 Å². The Kier molecular flexibility index (Phi) is 11.3. The van der Waals surface area contributed by atoms with Crippen molar-refractivity contribution in [1.82, 2.24) is 14.9 Å². The molecule has 0 spiro atoms. The molecule has 18 heteroatoms. The number of nitrogens with two attached hydrogens (primary N) is 3. The maximum atomic E-state index is 12.9. The fourth-order valence-electron chi connectivity index (χ4n) is 4.62. The lowest BCUT2D eigenvalue weighted by molar-refractivity contribution is -0.241. The van der Waals surface area contributed by atoms with E-state index >= 15 is 0 Å². The first kappa shape index (κ1) is 32.9. The average Bonchev–Trinajstić information content (AvgIpc) is 3.30. The molecule has 2 aliphatic heterocycles. The average molecular weight is 601 g/mol. The van der Waals surface area contributed by atoms with Gasteiger partial charge in [-0.2, -0.15) is 0 Å². The van der Waals surface area contributed by atoms with E-state index in [1.807, 2.05) is 0 Å². The van der Waals surface area contributed by atoms with E-state index in [0.29, 0.717) is 19.4 Å². The Balaban J connectivity index is 1.83. The first-order valence-corrected chi connectivity index (χ1v) is 13.0. The molecule has 0 bridgehead atoms. The van der Waals surface area contributed by atoms with Crippen LogP contribution in [-0.4, -0.2) is 107 Å². The second-order valence-electron chi connectivity index (χ2n) is 9.58. The van der Waals surface area contributed by atoms with Crippen LogP contribution < -0.4 is 33.8 Å². The number of rotatable bonds is 14. The molecule has 18 nitrogen and oxygen atoms in total. The minimum atomic E-state index is -1.84. The normalized spacial score (nSPS) is 28.8. The third kappa shape index (κ3) is 7.40. The van der Waals surface area contributed by atoms with Gasteiger partial charge in [0.2, 0.25) is 18.1 Å². The van der Waals surface area contributed by atoms with Gasteiger partial charge in [0.1, 0.15) is 36.6 Å². The molecule has 10 N–H and O–H groups in total. The molecule has 0 aromatic carbocycles. The Bertz CT molecular complexity index is 1270. The van der Waals surface area contributed by atoms with E-state index in [9.17, 15) is 34.2 Å². The molecule has 1 aromatic heterocycles. The molecule has 1 aromatic rings. The van der Waals surface area contributed by atoms with Crippen LogP contribution in [0.3, 0.4) is 0 Å². The summed E-state index contributed by atoms with van der Waals surface area (Å²) in [6.07, 6.45) is -8.51. The lowest BCUT2D eigenvalue weighted by Crippen LogP contribution is -2.54. The zero-order valence-corrected chi connectivity index (χ0v) is 22.9. The summed E-state index contributed by atoms with van der Waals surface area (Å²) in [5, 5.41) is 23.3. The van der Waals surface area contributed by atoms with E-state index in [0.717, 1.165) is 22.9 Å². The Hall–Kier alpha value is -3.65. The van der Waals surface area contributed by atoms with E-state index in [1.165, 1.54) is 14.2 Å². The maximum Gasteiger partial charge on any atom is 0.330 e. The Labute approximate surface area is 238 Å². The van der Waals surface area contributed by atoms with E-state index in [1.54, 1.807) is 0 Å². The van der Waals surface area contributed by atoms with Crippen LogP contribution in [0.15, 0.2) is 33.7 Å². The molecule has 234 valence electrons. The van der Waals surface area contributed by atoms with Gasteiger partial charge in [-0.1, -0.05) is 0 Å². The molecule has 0 saturated carbocycles. The SMILES string of the molecule is COC1C(C(OC2OC(C(=O)NC(CCCCN)C(N)=O)=CC(O)C2O)C(N)=O)OC(n2ccc(=O)[nH]c2=O)C1OC. The van der Waals surface area contributed by atoms with Gasteiger partial charge in [-0.15, -0.1) is 0 Å². The van der Waals surface area contributed by atoms with Gasteiger partial charge in [-0.3, -0.25) is 28.7 Å². The van der Waals surface area contributed by atoms with Crippen LogP contribution in [-0.2, 0) is 38.1 Å². The summed E-state index contributed by atoms with van der Waals surface area (Å²) >= 11 is 0. The number of aromatic amines is 1. The highest BCUT2D eigenvalue weighted by atomic mass is 16.7. The van der Waals surface area contributed by atoms with Crippen molar-refractivity contribution in [3.63, 3.8) is 0 Å². The fourth-order valence-corrected chi connectivity index (χ4v) is 4.62. The summed E-state index contributed by atoms with van der Waals surface area (Å²) in [6.45, 7) is 0.375. The number of unbranched alkanes of at least 4 members (excludes halogenated alkanes) is 1. The fraction of sp³-hybridized carbons (Fsp3) is 0.625. The van der Waals surface area contributed by atoms with Crippen LogP contribution in [0.25, 0.3) is 0 Å². The third-order valence-electron chi connectivity index (χ3n) is 6.77. The van der Waals surface area contributed by atoms with Crippen molar-refractivity contribution in [2.24, 2.45) is 17.2 Å². The van der Waals surface area contributed by atoms with Gasteiger partial charge in [-0.25, -0.2) is 4.79 Å². The van der Waals surface area contributed by atoms with Gasteiger partial charge in [-0.05, 0) is 31.9 Å². The van der Waals surface area contributed by atoms with Crippen molar-refractivity contribution < 1.29 is 48.3 Å². The minimum absolute atomic E-state index is 0.193. The van der Waals surface area contributed by atoms with Crippen molar-refractivity contribution in [3.05, 3.63) is 44.9 Å². The molecule has 1 fully saturated rings. The molecule has 0 radical (unpaired) electrons. The maximum absolute atomic E-state index is 12.9. The van der Waals surface area contributed by atoms with Crippen molar-refractivity contribution in [1.29, 1.82) is 0 Å². The molecule has 9 unspecified atom stereocenters. The number of hydrogen-bond acceptors (Lipinski definition) is 13. The zero-order chi connectivity index (χ0) is 31.1. The van der Waals surface area contributed by atoms with Crippen LogP contribution in [0.5, 0.6) is 0 Å². The standard InChI is InChI=1S/C24H36N6O12/c1-38-15-16(41-22(18(15)39-2)30-8-6-13(32)29-24(30)37)17(20(27)35)42-23-14(33)11(31)9-12(40-23)21(36)28-10(19(26)34)5-3-4-7-25/h6,8-11,14-18,22-23,31,33H,3-5,7,25H2,1-2H3,(H2,26,34)(H2,27,35)(H,28,36)(H,29,32,37). The topological polar surface area (TPSA) is 283 Å². The molecular formula is C24H36N6O12. The minimum Gasteiger partial charge on any atom is -0.456 e. The van der Waals surface area contributed by atoms with Crippen LogP contribution >= 0.6 is 0 Å². The quantitative estimate of drug-likeness (QED) is 0.0991. The van der Waals surface area contributed by atoms with Gasteiger partial charge >= 0.3 is 5.69 Å². The molecule has 9 atom stereocenters. The molecule has 3 heterocycles. The number of ether oxygens (including phenoxy) is 5. The monoisotopic (exact) mass is 600 g/mol. The van der Waals surface area contributed by atoms with Crippen LogP contribution in [0, 0.1) is 0 Å². The summed E-state index contributed by atoms with van der Waals surface area (Å²) in [4.78, 5) is 63.3. The van der Waals surface area contributed by atoms with Gasteiger partial charge in [0.15, 0.2) is 18.1 Å². The van der Waals surface area contributed by atoms with Crippen molar-refractivity contribution in [2.45, 2.75) is 74.4 Å². The molecule has 1 saturated heterocycles. The number of aromatic nitrogens is 2. The highest BCUT2D eigenvalue weighted by molar-refractivity contribution is 5.95. The van der Waals surface area contributed by atoms with E-state index in [2.05, 4.69) is 10.3 Å². The van der Waals surface area contributed by atoms with E-state index in [-0.39, 0.29) is 6.42 Å². The van der Waals surface area contributed by atoms with Crippen LogP contribution in [0.4, 0.5) is 0 Å². The van der Waals surface area contributed by atoms with Gasteiger partial charge in [0.25, 0.3) is 11.5 Å². The molecule has 3 amide bonds. The number of carbonyl (C=O) groups is 3. The molecule has 2 aliphatic rings. The summed E-state index contributed by atoms with van der Waals surface area (Å²) in [7, 11) is 2.56. The molecule has 42 heavy (non-hydrogen) atoms. The second kappa shape index (κ2) is 14.5.